The maximum Gasteiger partial charge on any atom is 0.416 e. The van der Waals surface area contributed by atoms with Gasteiger partial charge in [0.1, 0.15) is 5.82 Å². The molecule has 0 aliphatic rings. The zero-order valence-electron chi connectivity index (χ0n) is 13.3. The molecule has 3 aromatic rings. The molecule has 26 heavy (non-hydrogen) atoms. The van der Waals surface area contributed by atoms with Gasteiger partial charge in [0.25, 0.3) is 5.91 Å². The molecule has 8 heteroatoms. The van der Waals surface area contributed by atoms with Gasteiger partial charge in [0, 0.05) is 18.1 Å². The minimum atomic E-state index is -4.41. The molecular formula is C18H13F3N4O. The number of amides is 1. The minimum absolute atomic E-state index is 0.286. The van der Waals surface area contributed by atoms with Crippen molar-refractivity contribution < 1.29 is 18.0 Å². The summed E-state index contributed by atoms with van der Waals surface area (Å²) in [7, 11) is 0. The summed E-state index contributed by atoms with van der Waals surface area (Å²) >= 11 is 0. The van der Waals surface area contributed by atoms with Gasteiger partial charge in [-0.05, 0) is 42.5 Å². The molecule has 0 aliphatic heterocycles. The van der Waals surface area contributed by atoms with Crippen LogP contribution in [0.2, 0.25) is 0 Å². The quantitative estimate of drug-likeness (QED) is 0.721. The average molecular weight is 358 g/mol. The van der Waals surface area contributed by atoms with E-state index in [4.69, 9.17) is 0 Å². The molecule has 0 radical (unpaired) electrons. The van der Waals surface area contributed by atoms with Crippen LogP contribution in [0.3, 0.4) is 0 Å². The maximum absolute atomic E-state index is 12.7. The molecule has 0 spiro atoms. The molecule has 0 saturated carbocycles. The van der Waals surface area contributed by atoms with Gasteiger partial charge in [0.05, 0.1) is 23.0 Å². The highest BCUT2D eigenvalue weighted by atomic mass is 19.4. The van der Waals surface area contributed by atoms with Gasteiger partial charge in [0.2, 0.25) is 0 Å². The van der Waals surface area contributed by atoms with Crippen molar-refractivity contribution in [1.82, 2.24) is 9.97 Å². The van der Waals surface area contributed by atoms with Gasteiger partial charge in [-0.1, -0.05) is 6.07 Å². The number of carbonyl (C=O) groups excluding carboxylic acids is 1. The Morgan fingerprint density at radius 2 is 1.81 bits per heavy atom. The van der Waals surface area contributed by atoms with E-state index in [0.29, 0.717) is 17.1 Å². The second-order valence-corrected chi connectivity index (χ2v) is 5.33. The van der Waals surface area contributed by atoms with Crippen LogP contribution in [0.4, 0.5) is 30.4 Å². The van der Waals surface area contributed by atoms with Crippen LogP contribution < -0.4 is 10.6 Å². The Bertz CT molecular complexity index is 896. The van der Waals surface area contributed by atoms with Crippen LogP contribution in [0.5, 0.6) is 0 Å². The first-order valence-electron chi connectivity index (χ1n) is 7.53. The summed E-state index contributed by atoms with van der Waals surface area (Å²) < 4.78 is 38.2. The van der Waals surface area contributed by atoms with E-state index < -0.39 is 11.7 Å². The topological polar surface area (TPSA) is 66.9 Å². The number of anilines is 3. The van der Waals surface area contributed by atoms with Crippen LogP contribution in [0, 0.1) is 0 Å². The molecule has 0 saturated heterocycles. The largest absolute Gasteiger partial charge is 0.416 e. The van der Waals surface area contributed by atoms with E-state index in [1.54, 1.807) is 30.5 Å². The maximum atomic E-state index is 12.7. The van der Waals surface area contributed by atoms with E-state index in [0.717, 1.165) is 12.1 Å². The molecule has 0 atom stereocenters. The molecular weight excluding hydrogens is 345 g/mol. The minimum Gasteiger partial charge on any atom is -0.354 e. The molecule has 0 bridgehead atoms. The third-order valence-electron chi connectivity index (χ3n) is 3.41. The van der Waals surface area contributed by atoms with Crippen molar-refractivity contribution in [2.45, 2.75) is 6.18 Å². The molecule has 0 aliphatic carbocycles. The predicted octanol–water partition coefficient (Wildman–Crippen LogP) is 4.49. The fourth-order valence-corrected chi connectivity index (χ4v) is 2.17. The fourth-order valence-electron chi connectivity index (χ4n) is 2.17. The molecule has 2 heterocycles. The lowest BCUT2D eigenvalue weighted by Crippen LogP contribution is -2.13. The van der Waals surface area contributed by atoms with Crippen LogP contribution >= 0.6 is 0 Å². The molecule has 2 aromatic heterocycles. The van der Waals surface area contributed by atoms with E-state index in [9.17, 15) is 18.0 Å². The lowest BCUT2D eigenvalue weighted by atomic mass is 10.2. The van der Waals surface area contributed by atoms with Crippen LogP contribution in [0.15, 0.2) is 67.1 Å². The summed E-state index contributed by atoms with van der Waals surface area (Å²) in [6, 6.07) is 11.3. The Morgan fingerprint density at radius 3 is 2.46 bits per heavy atom. The monoisotopic (exact) mass is 358 g/mol. The van der Waals surface area contributed by atoms with E-state index in [1.807, 2.05) is 0 Å². The van der Waals surface area contributed by atoms with Gasteiger partial charge >= 0.3 is 6.18 Å². The smallest absolute Gasteiger partial charge is 0.354 e. The number of nitrogens with one attached hydrogen (secondary N) is 2. The molecule has 2 N–H and O–H groups in total. The van der Waals surface area contributed by atoms with Gasteiger partial charge < -0.3 is 10.6 Å². The second kappa shape index (κ2) is 7.22. The number of hydrogen-bond acceptors (Lipinski definition) is 4. The third-order valence-corrected chi connectivity index (χ3v) is 3.41. The SMILES string of the molecule is O=C(Nc1ccc(Nc2cccc(C(F)(F)F)c2)cn1)c1cccnc1. The number of nitrogens with zero attached hydrogens (tertiary/aromatic N) is 2. The normalized spacial score (nSPS) is 11.0. The zero-order valence-corrected chi connectivity index (χ0v) is 13.3. The molecule has 132 valence electrons. The summed E-state index contributed by atoms with van der Waals surface area (Å²) in [5, 5.41) is 5.46. The number of pyridine rings is 2. The Hall–Kier alpha value is -3.42. The number of alkyl halides is 3. The summed E-state index contributed by atoms with van der Waals surface area (Å²) in [4.78, 5) is 19.9. The lowest BCUT2D eigenvalue weighted by Gasteiger charge is -2.11. The number of aromatic nitrogens is 2. The van der Waals surface area contributed by atoms with Crippen LogP contribution in [-0.4, -0.2) is 15.9 Å². The molecule has 3 rings (SSSR count). The van der Waals surface area contributed by atoms with Crippen LogP contribution in [0.25, 0.3) is 0 Å². The number of benzene rings is 1. The highest BCUT2D eigenvalue weighted by Gasteiger charge is 2.30. The van der Waals surface area contributed by atoms with E-state index in [2.05, 4.69) is 20.6 Å². The summed E-state index contributed by atoms with van der Waals surface area (Å²) in [6.45, 7) is 0. The number of halogens is 3. The van der Waals surface area contributed by atoms with E-state index in [1.165, 1.54) is 24.5 Å². The first-order chi connectivity index (χ1) is 12.4. The summed E-state index contributed by atoms with van der Waals surface area (Å²) in [5.74, 6) is -0.0439. The number of hydrogen-bond donors (Lipinski definition) is 2. The van der Waals surface area contributed by atoms with Crippen molar-refractivity contribution in [3.63, 3.8) is 0 Å². The third kappa shape index (κ3) is 4.35. The van der Waals surface area contributed by atoms with E-state index in [-0.39, 0.29) is 11.6 Å². The first-order valence-corrected chi connectivity index (χ1v) is 7.53. The van der Waals surface area contributed by atoms with Crippen LogP contribution in [0.1, 0.15) is 15.9 Å². The van der Waals surface area contributed by atoms with Crippen molar-refractivity contribution in [2.75, 3.05) is 10.6 Å². The average Bonchev–Trinajstić information content (AvgIpc) is 2.63. The zero-order chi connectivity index (χ0) is 18.6. The molecule has 0 unspecified atom stereocenters. The highest BCUT2D eigenvalue weighted by Crippen LogP contribution is 2.31. The van der Waals surface area contributed by atoms with E-state index >= 15 is 0 Å². The highest BCUT2D eigenvalue weighted by molar-refractivity contribution is 6.03. The van der Waals surface area contributed by atoms with Gasteiger partial charge in [0.15, 0.2) is 0 Å². The van der Waals surface area contributed by atoms with Crippen molar-refractivity contribution >= 4 is 23.1 Å². The van der Waals surface area contributed by atoms with Crippen molar-refractivity contribution in [3.8, 4) is 0 Å². The predicted molar refractivity (Wildman–Crippen MR) is 91.2 cm³/mol. The standard InChI is InChI=1S/C18H13F3N4O/c19-18(20,21)13-4-1-5-14(9-13)24-15-6-7-16(23-11-15)25-17(26)12-3-2-8-22-10-12/h1-11,24H,(H,23,25,26). The van der Waals surface area contributed by atoms with Crippen molar-refractivity contribution in [3.05, 3.63) is 78.2 Å². The summed E-state index contributed by atoms with van der Waals surface area (Å²) in [6.07, 6.45) is -0.00232. The lowest BCUT2D eigenvalue weighted by molar-refractivity contribution is -0.137. The Kier molecular flexibility index (Phi) is 4.83. The van der Waals surface area contributed by atoms with Crippen LogP contribution in [-0.2, 0) is 6.18 Å². The Morgan fingerprint density at radius 1 is 0.962 bits per heavy atom. The van der Waals surface area contributed by atoms with Crippen molar-refractivity contribution in [1.29, 1.82) is 0 Å². The second-order valence-electron chi connectivity index (χ2n) is 5.33. The number of carbonyl (C=O) groups is 1. The summed E-state index contributed by atoms with van der Waals surface area (Å²) in [5.41, 5.74) is 0.425. The molecule has 0 fully saturated rings. The van der Waals surface area contributed by atoms with Crippen molar-refractivity contribution in [2.24, 2.45) is 0 Å². The molecule has 1 aromatic carbocycles. The van der Waals surface area contributed by atoms with Gasteiger partial charge in [-0.2, -0.15) is 13.2 Å². The van der Waals surface area contributed by atoms with Gasteiger partial charge in [-0.3, -0.25) is 9.78 Å². The Labute approximate surface area is 146 Å². The first kappa shape index (κ1) is 17.4. The molecule has 5 nitrogen and oxygen atoms in total. The molecule has 1 amide bonds. The fraction of sp³-hybridized carbons (Fsp3) is 0.0556. The van der Waals surface area contributed by atoms with Gasteiger partial charge in [-0.15, -0.1) is 0 Å². The Balaban J connectivity index is 1.68. The number of rotatable bonds is 4. The van der Waals surface area contributed by atoms with Gasteiger partial charge in [-0.25, -0.2) is 4.98 Å².